The predicted octanol–water partition coefficient (Wildman–Crippen LogP) is 5.93. The molecule has 0 saturated carbocycles. The molecule has 3 nitrogen and oxygen atoms in total. The minimum Gasteiger partial charge on any atom is -0.497 e. The van der Waals surface area contributed by atoms with Gasteiger partial charge in [0.05, 0.1) is 11.6 Å². The van der Waals surface area contributed by atoms with Crippen molar-refractivity contribution in [1.29, 1.82) is 0 Å². The van der Waals surface area contributed by atoms with Crippen LogP contribution in [-0.2, 0) is 6.61 Å². The SMILES string of the molecule is COc1ccc(C(=O)/C=C/c2ccc(OCc3ccccc3)c(Br)c2)cc1. The van der Waals surface area contributed by atoms with Crippen LogP contribution in [0.2, 0.25) is 0 Å². The molecule has 0 aliphatic heterocycles. The molecule has 0 radical (unpaired) electrons. The lowest BCUT2D eigenvalue weighted by Crippen LogP contribution is -1.96. The summed E-state index contributed by atoms with van der Waals surface area (Å²) in [6.07, 6.45) is 3.35. The number of methoxy groups -OCH3 is 1. The van der Waals surface area contributed by atoms with Crippen molar-refractivity contribution in [2.75, 3.05) is 7.11 Å². The Morgan fingerprint density at radius 1 is 1.00 bits per heavy atom. The summed E-state index contributed by atoms with van der Waals surface area (Å²) in [7, 11) is 1.60. The molecule has 3 aromatic carbocycles. The predicted molar refractivity (Wildman–Crippen MR) is 111 cm³/mol. The third-order valence-corrected chi connectivity index (χ3v) is 4.61. The first-order valence-corrected chi connectivity index (χ1v) is 9.28. The first kappa shape index (κ1) is 18.9. The van der Waals surface area contributed by atoms with E-state index in [1.807, 2.05) is 48.5 Å². The molecule has 3 aromatic rings. The quantitative estimate of drug-likeness (QED) is 0.349. The molecule has 0 saturated heterocycles. The second kappa shape index (κ2) is 9.19. The molecular formula is C23H19BrO3. The molecule has 3 rings (SSSR count). The van der Waals surface area contributed by atoms with Crippen LogP contribution in [0, 0.1) is 0 Å². The Labute approximate surface area is 167 Å². The first-order chi connectivity index (χ1) is 13.2. The Balaban J connectivity index is 1.64. The number of ketones is 1. The lowest BCUT2D eigenvalue weighted by Gasteiger charge is -2.09. The standard InChI is InChI=1S/C23H19BrO3/c1-26-20-11-9-19(10-12-20)22(25)13-7-17-8-14-23(21(24)15-17)27-16-18-5-3-2-4-6-18/h2-15H,16H2,1H3/b13-7+. The van der Waals surface area contributed by atoms with Crippen LogP contribution in [0.1, 0.15) is 21.5 Å². The highest BCUT2D eigenvalue weighted by molar-refractivity contribution is 9.10. The van der Waals surface area contributed by atoms with Crippen molar-refractivity contribution in [2.24, 2.45) is 0 Å². The van der Waals surface area contributed by atoms with Crippen LogP contribution < -0.4 is 9.47 Å². The molecule has 0 amide bonds. The van der Waals surface area contributed by atoms with E-state index in [1.54, 1.807) is 43.5 Å². The molecule has 0 heterocycles. The largest absolute Gasteiger partial charge is 0.497 e. The summed E-state index contributed by atoms with van der Waals surface area (Å²) < 4.78 is 11.8. The van der Waals surface area contributed by atoms with E-state index in [0.717, 1.165) is 27.1 Å². The molecule has 4 heteroatoms. The second-order valence-corrected chi connectivity index (χ2v) is 6.74. The van der Waals surface area contributed by atoms with Gasteiger partial charge >= 0.3 is 0 Å². The van der Waals surface area contributed by atoms with Crippen molar-refractivity contribution in [3.05, 3.63) is 100 Å². The zero-order valence-corrected chi connectivity index (χ0v) is 16.5. The fourth-order valence-corrected chi connectivity index (χ4v) is 3.01. The minimum atomic E-state index is -0.0572. The minimum absolute atomic E-state index is 0.0572. The second-order valence-electron chi connectivity index (χ2n) is 5.89. The third kappa shape index (κ3) is 5.31. The number of allylic oxidation sites excluding steroid dienone is 1. The van der Waals surface area contributed by atoms with E-state index in [2.05, 4.69) is 15.9 Å². The molecule has 0 atom stereocenters. The number of benzene rings is 3. The van der Waals surface area contributed by atoms with Gasteiger partial charge in [-0.25, -0.2) is 0 Å². The first-order valence-electron chi connectivity index (χ1n) is 8.48. The van der Waals surface area contributed by atoms with Gasteiger partial charge in [-0.15, -0.1) is 0 Å². The Morgan fingerprint density at radius 3 is 2.41 bits per heavy atom. The maximum absolute atomic E-state index is 12.3. The van der Waals surface area contributed by atoms with Crippen LogP contribution in [0.4, 0.5) is 0 Å². The topological polar surface area (TPSA) is 35.5 Å². The monoisotopic (exact) mass is 422 g/mol. The molecular weight excluding hydrogens is 404 g/mol. The van der Waals surface area contributed by atoms with E-state index in [0.29, 0.717) is 12.2 Å². The van der Waals surface area contributed by atoms with Gasteiger partial charge in [0.1, 0.15) is 18.1 Å². The lowest BCUT2D eigenvalue weighted by atomic mass is 10.1. The van der Waals surface area contributed by atoms with Crippen LogP contribution in [0.15, 0.2) is 83.3 Å². The lowest BCUT2D eigenvalue weighted by molar-refractivity contribution is 0.104. The molecule has 0 aromatic heterocycles. The molecule has 0 spiro atoms. The van der Waals surface area contributed by atoms with Gasteiger partial charge in [0.2, 0.25) is 0 Å². The molecule has 0 bridgehead atoms. The van der Waals surface area contributed by atoms with Crippen LogP contribution in [0.3, 0.4) is 0 Å². The average molecular weight is 423 g/mol. The number of carbonyl (C=O) groups excluding carboxylic acids is 1. The van der Waals surface area contributed by atoms with E-state index in [9.17, 15) is 4.79 Å². The Bertz CT molecular complexity index is 932. The Hall–Kier alpha value is -2.85. The summed E-state index contributed by atoms with van der Waals surface area (Å²) in [5.41, 5.74) is 2.64. The number of carbonyl (C=O) groups is 1. The summed E-state index contributed by atoms with van der Waals surface area (Å²) in [6.45, 7) is 0.505. The van der Waals surface area contributed by atoms with Gasteiger partial charge in [0.15, 0.2) is 5.78 Å². The zero-order chi connectivity index (χ0) is 19.1. The zero-order valence-electron chi connectivity index (χ0n) is 14.9. The third-order valence-electron chi connectivity index (χ3n) is 3.99. The van der Waals surface area contributed by atoms with Crippen molar-refractivity contribution in [1.82, 2.24) is 0 Å². The van der Waals surface area contributed by atoms with Gasteiger partial charge < -0.3 is 9.47 Å². The molecule has 0 aliphatic rings. The summed E-state index contributed by atoms with van der Waals surface area (Å²) in [5, 5.41) is 0. The molecule has 136 valence electrons. The van der Waals surface area contributed by atoms with E-state index in [4.69, 9.17) is 9.47 Å². The number of hydrogen-bond donors (Lipinski definition) is 0. The van der Waals surface area contributed by atoms with Crippen molar-refractivity contribution in [2.45, 2.75) is 6.61 Å². The number of halogens is 1. The fourth-order valence-electron chi connectivity index (χ4n) is 2.50. The molecule has 0 unspecified atom stereocenters. The molecule has 0 fully saturated rings. The van der Waals surface area contributed by atoms with Crippen molar-refractivity contribution < 1.29 is 14.3 Å². The van der Waals surface area contributed by atoms with Crippen molar-refractivity contribution >= 4 is 27.8 Å². The highest BCUT2D eigenvalue weighted by atomic mass is 79.9. The maximum atomic E-state index is 12.3. The van der Waals surface area contributed by atoms with Crippen molar-refractivity contribution in [3.63, 3.8) is 0 Å². The summed E-state index contributed by atoms with van der Waals surface area (Å²) >= 11 is 3.53. The maximum Gasteiger partial charge on any atom is 0.185 e. The normalized spacial score (nSPS) is 10.7. The van der Waals surface area contributed by atoms with Crippen LogP contribution >= 0.6 is 15.9 Å². The van der Waals surface area contributed by atoms with Gasteiger partial charge in [0, 0.05) is 5.56 Å². The highest BCUT2D eigenvalue weighted by Crippen LogP contribution is 2.27. The van der Waals surface area contributed by atoms with E-state index >= 15 is 0 Å². The van der Waals surface area contributed by atoms with Gasteiger partial charge in [-0.3, -0.25) is 4.79 Å². The Morgan fingerprint density at radius 2 is 1.74 bits per heavy atom. The van der Waals surface area contributed by atoms with Crippen molar-refractivity contribution in [3.8, 4) is 11.5 Å². The summed E-state index contributed by atoms with van der Waals surface area (Å²) in [5.74, 6) is 1.43. The van der Waals surface area contributed by atoms with Crippen LogP contribution in [0.5, 0.6) is 11.5 Å². The van der Waals surface area contributed by atoms with Gasteiger partial charge in [-0.05, 0) is 69.5 Å². The van der Waals surface area contributed by atoms with Gasteiger partial charge in [-0.1, -0.05) is 42.5 Å². The number of rotatable bonds is 7. The van der Waals surface area contributed by atoms with Gasteiger partial charge in [-0.2, -0.15) is 0 Å². The van der Waals surface area contributed by atoms with E-state index < -0.39 is 0 Å². The highest BCUT2D eigenvalue weighted by Gasteiger charge is 2.04. The Kier molecular flexibility index (Phi) is 6.44. The summed E-state index contributed by atoms with van der Waals surface area (Å²) in [6, 6.07) is 22.8. The van der Waals surface area contributed by atoms with Crippen LogP contribution in [0.25, 0.3) is 6.08 Å². The molecule has 0 N–H and O–H groups in total. The molecule has 0 aliphatic carbocycles. The van der Waals surface area contributed by atoms with E-state index in [-0.39, 0.29) is 5.78 Å². The van der Waals surface area contributed by atoms with E-state index in [1.165, 1.54) is 0 Å². The molecule has 27 heavy (non-hydrogen) atoms. The fraction of sp³-hybridized carbons (Fsp3) is 0.0870. The summed E-state index contributed by atoms with van der Waals surface area (Å²) in [4.78, 5) is 12.3. The van der Waals surface area contributed by atoms with Gasteiger partial charge in [0.25, 0.3) is 0 Å². The average Bonchev–Trinajstić information content (AvgIpc) is 2.72. The number of ether oxygens (including phenoxy) is 2. The number of hydrogen-bond acceptors (Lipinski definition) is 3. The smallest absolute Gasteiger partial charge is 0.185 e. The van der Waals surface area contributed by atoms with Crippen LogP contribution in [-0.4, -0.2) is 12.9 Å².